The summed E-state index contributed by atoms with van der Waals surface area (Å²) in [5.74, 6) is -2.23. The fourth-order valence-electron chi connectivity index (χ4n) is 4.71. The lowest BCUT2D eigenvalue weighted by atomic mass is 9.99. The molecule has 0 bridgehead atoms. The Morgan fingerprint density at radius 2 is 1.63 bits per heavy atom. The normalized spacial score (nSPS) is 17.4. The Labute approximate surface area is 204 Å². The molecule has 0 aliphatic carbocycles. The van der Waals surface area contributed by atoms with Gasteiger partial charge in [-0.3, -0.25) is 9.69 Å². The minimum absolute atomic E-state index is 0.0846. The van der Waals surface area contributed by atoms with Crippen LogP contribution in [0.1, 0.15) is 23.1 Å². The molecule has 1 aliphatic heterocycles. The zero-order chi connectivity index (χ0) is 24.8. The van der Waals surface area contributed by atoms with E-state index in [1.807, 2.05) is 18.2 Å². The van der Waals surface area contributed by atoms with Crippen molar-refractivity contribution in [3.63, 3.8) is 0 Å². The van der Waals surface area contributed by atoms with Crippen molar-refractivity contribution in [2.24, 2.45) is 5.73 Å². The van der Waals surface area contributed by atoms with Gasteiger partial charge >= 0.3 is 0 Å². The molecule has 7 heteroatoms. The first-order valence-corrected chi connectivity index (χ1v) is 11.9. The number of carbonyl (C=O) groups excluding carboxylic acids is 1. The van der Waals surface area contributed by atoms with Crippen molar-refractivity contribution in [1.82, 2.24) is 9.80 Å². The number of piperazine rings is 1. The SMILES string of the molecule is N[C@@H](CC(=O)N1CCN(Cc2ccccc2)C[C@H]1Cc1ccc(F)c(F)c1)Cc1ccccc1F. The monoisotopic (exact) mass is 481 g/mol. The van der Waals surface area contributed by atoms with Crippen LogP contribution in [0.25, 0.3) is 0 Å². The van der Waals surface area contributed by atoms with Crippen LogP contribution in [0.4, 0.5) is 13.2 Å². The molecule has 0 saturated carbocycles. The van der Waals surface area contributed by atoms with E-state index in [2.05, 4.69) is 17.0 Å². The van der Waals surface area contributed by atoms with E-state index in [0.29, 0.717) is 37.2 Å². The van der Waals surface area contributed by atoms with Gasteiger partial charge in [-0.05, 0) is 47.7 Å². The largest absolute Gasteiger partial charge is 0.337 e. The van der Waals surface area contributed by atoms with Gasteiger partial charge in [0.15, 0.2) is 11.6 Å². The summed E-state index contributed by atoms with van der Waals surface area (Å²) in [5, 5.41) is 0. The van der Waals surface area contributed by atoms with E-state index in [-0.39, 0.29) is 30.6 Å². The highest BCUT2D eigenvalue weighted by atomic mass is 19.2. The summed E-state index contributed by atoms with van der Waals surface area (Å²) in [7, 11) is 0. The number of hydrogen-bond donors (Lipinski definition) is 1. The second-order valence-corrected chi connectivity index (χ2v) is 9.17. The molecule has 1 saturated heterocycles. The predicted molar refractivity (Wildman–Crippen MR) is 130 cm³/mol. The Morgan fingerprint density at radius 1 is 0.886 bits per heavy atom. The first-order chi connectivity index (χ1) is 16.9. The van der Waals surface area contributed by atoms with Crippen LogP contribution in [0.2, 0.25) is 0 Å². The van der Waals surface area contributed by atoms with E-state index in [0.717, 1.165) is 12.6 Å². The van der Waals surface area contributed by atoms with Crippen molar-refractivity contribution in [3.8, 4) is 0 Å². The molecule has 4 rings (SSSR count). The third-order valence-corrected chi connectivity index (χ3v) is 6.47. The molecule has 1 amide bonds. The number of amides is 1. The van der Waals surface area contributed by atoms with Crippen LogP contribution < -0.4 is 5.73 Å². The third-order valence-electron chi connectivity index (χ3n) is 6.47. The lowest BCUT2D eigenvalue weighted by Gasteiger charge is -2.42. The van der Waals surface area contributed by atoms with Gasteiger partial charge in [0.05, 0.1) is 0 Å². The lowest BCUT2D eigenvalue weighted by Crippen LogP contribution is -2.56. The summed E-state index contributed by atoms with van der Waals surface area (Å²) in [4.78, 5) is 17.3. The first-order valence-electron chi connectivity index (χ1n) is 11.9. The van der Waals surface area contributed by atoms with Crippen LogP contribution in [0.15, 0.2) is 72.8 Å². The first kappa shape index (κ1) is 24.9. The smallest absolute Gasteiger partial charge is 0.224 e. The topological polar surface area (TPSA) is 49.6 Å². The van der Waals surface area contributed by atoms with E-state index in [1.54, 1.807) is 29.2 Å². The number of hydrogen-bond acceptors (Lipinski definition) is 3. The Bertz CT molecular complexity index is 1140. The van der Waals surface area contributed by atoms with Crippen LogP contribution in [0.5, 0.6) is 0 Å². The maximum absolute atomic E-state index is 14.0. The van der Waals surface area contributed by atoms with Crippen molar-refractivity contribution in [1.29, 1.82) is 0 Å². The van der Waals surface area contributed by atoms with E-state index in [1.165, 1.54) is 17.7 Å². The highest BCUT2D eigenvalue weighted by molar-refractivity contribution is 5.77. The van der Waals surface area contributed by atoms with Crippen molar-refractivity contribution < 1.29 is 18.0 Å². The average Bonchev–Trinajstić information content (AvgIpc) is 2.84. The fourth-order valence-corrected chi connectivity index (χ4v) is 4.71. The molecule has 35 heavy (non-hydrogen) atoms. The molecule has 0 spiro atoms. The molecule has 2 N–H and O–H groups in total. The quantitative estimate of drug-likeness (QED) is 0.522. The maximum Gasteiger partial charge on any atom is 0.224 e. The van der Waals surface area contributed by atoms with Gasteiger partial charge in [0.1, 0.15) is 5.82 Å². The second-order valence-electron chi connectivity index (χ2n) is 9.17. The van der Waals surface area contributed by atoms with Crippen molar-refractivity contribution >= 4 is 5.91 Å². The zero-order valence-corrected chi connectivity index (χ0v) is 19.5. The minimum Gasteiger partial charge on any atom is -0.337 e. The summed E-state index contributed by atoms with van der Waals surface area (Å²) in [6.45, 7) is 2.54. The Kier molecular flexibility index (Phi) is 8.21. The van der Waals surface area contributed by atoms with Crippen molar-refractivity contribution in [2.75, 3.05) is 19.6 Å². The molecule has 1 heterocycles. The number of benzene rings is 3. The molecule has 3 aromatic rings. The third kappa shape index (κ3) is 6.71. The number of halogens is 3. The van der Waals surface area contributed by atoms with E-state index < -0.39 is 17.7 Å². The van der Waals surface area contributed by atoms with Gasteiger partial charge in [0.2, 0.25) is 5.91 Å². The summed E-state index contributed by atoms with van der Waals surface area (Å²) in [6.07, 6.45) is 0.748. The molecule has 4 nitrogen and oxygen atoms in total. The highest BCUT2D eigenvalue weighted by Gasteiger charge is 2.31. The zero-order valence-electron chi connectivity index (χ0n) is 19.5. The standard InChI is InChI=1S/C28H30F3N3O/c29-25-9-5-4-8-22(25)16-23(32)17-28(35)34-13-12-33(18-20-6-2-1-3-7-20)19-24(34)14-21-10-11-26(30)27(31)15-21/h1-11,15,23-24H,12-14,16-19,32H2/t23-,24-/m1/s1. The number of nitrogens with zero attached hydrogens (tertiary/aromatic N) is 2. The average molecular weight is 482 g/mol. The van der Waals surface area contributed by atoms with Crippen LogP contribution >= 0.6 is 0 Å². The summed E-state index contributed by atoms with van der Waals surface area (Å²) in [5.41, 5.74) is 8.52. The molecule has 2 atom stereocenters. The van der Waals surface area contributed by atoms with Gasteiger partial charge in [0.25, 0.3) is 0 Å². The maximum atomic E-state index is 14.0. The molecular weight excluding hydrogens is 451 g/mol. The van der Waals surface area contributed by atoms with Crippen molar-refractivity contribution in [3.05, 3.63) is 107 Å². The Morgan fingerprint density at radius 3 is 2.37 bits per heavy atom. The molecule has 3 aromatic carbocycles. The van der Waals surface area contributed by atoms with Crippen LogP contribution in [0.3, 0.4) is 0 Å². The summed E-state index contributed by atoms with van der Waals surface area (Å²) >= 11 is 0. The number of nitrogens with two attached hydrogens (primary N) is 1. The Balaban J connectivity index is 1.46. The van der Waals surface area contributed by atoms with Crippen LogP contribution in [-0.4, -0.2) is 47.4 Å². The van der Waals surface area contributed by atoms with Gasteiger partial charge in [0, 0.05) is 44.7 Å². The highest BCUT2D eigenvalue weighted by Crippen LogP contribution is 2.20. The number of rotatable bonds is 8. The van der Waals surface area contributed by atoms with Gasteiger partial charge in [-0.15, -0.1) is 0 Å². The van der Waals surface area contributed by atoms with Gasteiger partial charge in [-0.25, -0.2) is 13.2 Å². The minimum atomic E-state index is -0.899. The van der Waals surface area contributed by atoms with E-state index in [4.69, 9.17) is 5.73 Å². The molecule has 184 valence electrons. The molecular formula is C28H30F3N3O. The van der Waals surface area contributed by atoms with Crippen molar-refractivity contribution in [2.45, 2.75) is 37.9 Å². The lowest BCUT2D eigenvalue weighted by molar-refractivity contribution is -0.136. The summed E-state index contributed by atoms with van der Waals surface area (Å²) < 4.78 is 41.3. The van der Waals surface area contributed by atoms with Gasteiger partial charge < -0.3 is 10.6 Å². The molecule has 0 unspecified atom stereocenters. The van der Waals surface area contributed by atoms with Gasteiger partial charge in [-0.1, -0.05) is 54.6 Å². The molecule has 0 aromatic heterocycles. The van der Waals surface area contributed by atoms with E-state index >= 15 is 0 Å². The molecule has 0 radical (unpaired) electrons. The predicted octanol–water partition coefficient (Wildman–Crippen LogP) is 4.32. The van der Waals surface area contributed by atoms with Crippen LogP contribution in [0, 0.1) is 17.5 Å². The Hall–Kier alpha value is -3.16. The van der Waals surface area contributed by atoms with Gasteiger partial charge in [-0.2, -0.15) is 0 Å². The fraction of sp³-hybridized carbons (Fsp3) is 0.321. The molecule has 1 fully saturated rings. The summed E-state index contributed by atoms with van der Waals surface area (Å²) in [6, 6.07) is 19.6. The van der Waals surface area contributed by atoms with E-state index in [9.17, 15) is 18.0 Å². The number of carbonyl (C=O) groups is 1. The van der Waals surface area contributed by atoms with Crippen LogP contribution in [-0.2, 0) is 24.2 Å². The molecule has 1 aliphatic rings. The second kappa shape index (κ2) is 11.5.